The highest BCUT2D eigenvalue weighted by Gasteiger charge is 2.22. The molecule has 4 bridgehead atoms. The molecule has 0 unspecified atom stereocenters. The summed E-state index contributed by atoms with van der Waals surface area (Å²) in [5.74, 6) is -1.12. The predicted octanol–water partition coefficient (Wildman–Crippen LogP) is 3.62. The van der Waals surface area contributed by atoms with Crippen LogP contribution < -0.4 is 0 Å². The monoisotopic (exact) mass is 472 g/mol. The lowest BCUT2D eigenvalue weighted by Gasteiger charge is -2.18. The molecular formula is C22H16O8S2. The maximum atomic E-state index is 12.1. The lowest BCUT2D eigenvalue weighted by molar-refractivity contribution is -0.136. The van der Waals surface area contributed by atoms with Crippen molar-refractivity contribution in [2.45, 2.75) is 16.2 Å². The zero-order valence-corrected chi connectivity index (χ0v) is 17.9. The number of benzene rings is 3. The van der Waals surface area contributed by atoms with Gasteiger partial charge in [0.2, 0.25) is 0 Å². The van der Waals surface area contributed by atoms with E-state index in [1.165, 1.54) is 36.4 Å². The fourth-order valence-electron chi connectivity index (χ4n) is 3.79. The summed E-state index contributed by atoms with van der Waals surface area (Å²) in [5, 5.41) is 9.37. The van der Waals surface area contributed by atoms with Crippen molar-refractivity contribution in [1.82, 2.24) is 0 Å². The molecule has 4 aliphatic rings. The Balaban J connectivity index is 2.20. The molecule has 7 rings (SSSR count). The average molecular weight is 472 g/mol. The topological polar surface area (TPSA) is 146 Å². The molecule has 0 fully saturated rings. The van der Waals surface area contributed by atoms with E-state index in [4.69, 9.17) is 0 Å². The van der Waals surface area contributed by atoms with Crippen molar-refractivity contribution in [2.75, 3.05) is 0 Å². The Hall–Kier alpha value is -3.31. The van der Waals surface area contributed by atoms with Crippen molar-refractivity contribution >= 4 is 38.4 Å². The first-order chi connectivity index (χ1) is 14.9. The largest absolute Gasteiger partial charge is 0.481 e. The van der Waals surface area contributed by atoms with Crippen molar-refractivity contribution < 1.29 is 35.8 Å². The van der Waals surface area contributed by atoms with Gasteiger partial charge in [-0.05, 0) is 51.1 Å². The van der Waals surface area contributed by atoms with Gasteiger partial charge in [-0.3, -0.25) is 13.9 Å². The molecule has 8 nitrogen and oxygen atoms in total. The molecule has 0 saturated heterocycles. The average Bonchev–Trinajstić information content (AvgIpc) is 2.69. The van der Waals surface area contributed by atoms with E-state index in [0.29, 0.717) is 27.8 Å². The fourth-order valence-corrected chi connectivity index (χ4v) is 5.21. The Labute approximate surface area is 184 Å². The summed E-state index contributed by atoms with van der Waals surface area (Å²) in [6.45, 7) is 0. The Bertz CT molecular complexity index is 1520. The summed E-state index contributed by atoms with van der Waals surface area (Å²) >= 11 is 0. The van der Waals surface area contributed by atoms with Crippen molar-refractivity contribution in [3.8, 4) is 22.3 Å². The Morgan fingerprint density at radius 2 is 1.28 bits per heavy atom. The van der Waals surface area contributed by atoms with Gasteiger partial charge in [-0.2, -0.15) is 16.8 Å². The van der Waals surface area contributed by atoms with Gasteiger partial charge in [-0.25, -0.2) is 0 Å². The Morgan fingerprint density at radius 3 is 1.81 bits per heavy atom. The Morgan fingerprint density at radius 1 is 0.750 bits per heavy atom. The van der Waals surface area contributed by atoms with Gasteiger partial charge < -0.3 is 5.11 Å². The molecule has 32 heavy (non-hydrogen) atoms. The first-order valence-corrected chi connectivity index (χ1v) is 12.1. The van der Waals surface area contributed by atoms with Crippen molar-refractivity contribution in [3.63, 3.8) is 0 Å². The SMILES string of the molecule is O=C(O)Cc1cccc2c1-c1ccc(c(S(=O)(=O)O)c1)C=Cc1ccc-2cc1S(=O)(=O)O. The highest BCUT2D eigenvalue weighted by atomic mass is 32.2. The molecule has 0 heterocycles. The maximum absolute atomic E-state index is 12.1. The second-order valence-electron chi connectivity index (χ2n) is 7.20. The molecule has 0 saturated carbocycles. The van der Waals surface area contributed by atoms with Gasteiger partial charge >= 0.3 is 5.97 Å². The van der Waals surface area contributed by atoms with Crippen LogP contribution in [0.2, 0.25) is 0 Å². The first-order valence-electron chi connectivity index (χ1n) is 9.21. The van der Waals surface area contributed by atoms with Crippen LogP contribution in [-0.4, -0.2) is 37.0 Å². The van der Waals surface area contributed by atoms with Gasteiger partial charge in [0, 0.05) is 0 Å². The van der Waals surface area contributed by atoms with E-state index in [1.54, 1.807) is 30.3 Å². The normalized spacial score (nSPS) is 12.8. The molecule has 0 aromatic heterocycles. The molecule has 0 radical (unpaired) electrons. The van der Waals surface area contributed by atoms with Crippen LogP contribution in [0.4, 0.5) is 0 Å². The number of hydrogen-bond donors (Lipinski definition) is 3. The van der Waals surface area contributed by atoms with Gasteiger partial charge in [0.25, 0.3) is 20.2 Å². The lowest BCUT2D eigenvalue weighted by Crippen LogP contribution is -2.06. The molecule has 0 spiro atoms. The van der Waals surface area contributed by atoms with Crippen molar-refractivity contribution in [2.24, 2.45) is 0 Å². The van der Waals surface area contributed by atoms with Gasteiger partial charge in [-0.1, -0.05) is 54.6 Å². The zero-order chi connectivity index (χ0) is 23.3. The smallest absolute Gasteiger partial charge is 0.307 e. The molecule has 4 aliphatic carbocycles. The predicted molar refractivity (Wildman–Crippen MR) is 117 cm³/mol. The zero-order valence-electron chi connectivity index (χ0n) is 16.3. The number of carboxylic acid groups (broad SMARTS) is 1. The van der Waals surface area contributed by atoms with Crippen LogP contribution in [0.3, 0.4) is 0 Å². The number of hydrogen-bond acceptors (Lipinski definition) is 5. The minimum atomic E-state index is -4.67. The van der Waals surface area contributed by atoms with Gasteiger partial charge in [0.05, 0.1) is 6.42 Å². The summed E-state index contributed by atoms with van der Waals surface area (Å²) in [6, 6.07) is 13.4. The van der Waals surface area contributed by atoms with Gasteiger partial charge in [0.15, 0.2) is 0 Å². The van der Waals surface area contributed by atoms with E-state index in [-0.39, 0.29) is 17.5 Å². The van der Waals surface area contributed by atoms with Gasteiger partial charge in [-0.15, -0.1) is 0 Å². The molecule has 10 heteroatoms. The third-order valence-electron chi connectivity index (χ3n) is 5.12. The van der Waals surface area contributed by atoms with E-state index in [1.807, 2.05) is 0 Å². The summed E-state index contributed by atoms with van der Waals surface area (Å²) in [6.07, 6.45) is 2.25. The van der Waals surface area contributed by atoms with E-state index in [2.05, 4.69) is 0 Å². The summed E-state index contributed by atoms with van der Waals surface area (Å²) < 4.78 is 67.7. The standard InChI is InChI=1S/C22H16O8S2/c23-21(24)12-16-2-1-3-18-15-8-6-13(19(10-15)31(25,26)27)4-5-14-7-9-17(22(16)18)11-20(14)32(28,29)30/h1-11H,12H2,(H,23,24)(H,25,26,27)(H,28,29,30). The molecule has 0 amide bonds. The van der Waals surface area contributed by atoms with E-state index in [9.17, 15) is 35.8 Å². The third kappa shape index (κ3) is 4.08. The summed E-state index contributed by atoms with van der Waals surface area (Å²) in [5.41, 5.74) is 2.03. The van der Waals surface area contributed by atoms with Crippen LogP contribution in [0.5, 0.6) is 0 Å². The molecule has 3 aromatic carbocycles. The van der Waals surface area contributed by atoms with Crippen molar-refractivity contribution in [3.05, 3.63) is 71.3 Å². The molecule has 3 aromatic rings. The molecular weight excluding hydrogens is 456 g/mol. The summed E-state index contributed by atoms with van der Waals surface area (Å²) in [7, 11) is -9.31. The minimum absolute atomic E-state index is 0.0828. The van der Waals surface area contributed by atoms with E-state index >= 15 is 0 Å². The highest BCUT2D eigenvalue weighted by molar-refractivity contribution is 7.86. The van der Waals surface area contributed by atoms with E-state index < -0.39 is 36.0 Å². The Kier molecular flexibility index (Phi) is 5.25. The first kappa shape index (κ1) is 21.9. The second kappa shape index (κ2) is 7.68. The maximum Gasteiger partial charge on any atom is 0.307 e. The quantitative estimate of drug-likeness (QED) is 0.382. The second-order valence-corrected chi connectivity index (χ2v) is 9.98. The molecule has 164 valence electrons. The number of rotatable bonds is 4. The van der Waals surface area contributed by atoms with Crippen LogP contribution in [0, 0.1) is 0 Å². The highest BCUT2D eigenvalue weighted by Crippen LogP contribution is 2.39. The number of carbonyl (C=O) groups is 1. The number of carboxylic acids is 1. The van der Waals surface area contributed by atoms with Crippen LogP contribution in [-0.2, 0) is 31.5 Å². The van der Waals surface area contributed by atoms with Gasteiger partial charge in [0.1, 0.15) is 9.79 Å². The van der Waals surface area contributed by atoms with E-state index in [0.717, 1.165) is 0 Å². The van der Waals surface area contributed by atoms with Crippen LogP contribution >= 0.6 is 0 Å². The van der Waals surface area contributed by atoms with Crippen LogP contribution in [0.15, 0.2) is 64.4 Å². The van der Waals surface area contributed by atoms with Crippen molar-refractivity contribution in [1.29, 1.82) is 0 Å². The fraction of sp³-hybridized carbons (Fsp3) is 0.0455. The summed E-state index contributed by atoms with van der Waals surface area (Å²) in [4.78, 5) is 10.6. The number of aliphatic carboxylic acids is 1. The lowest BCUT2D eigenvalue weighted by atomic mass is 9.88. The molecule has 3 N–H and O–H groups in total. The van der Waals surface area contributed by atoms with Crippen LogP contribution in [0.1, 0.15) is 16.7 Å². The molecule has 0 aliphatic heterocycles. The third-order valence-corrected chi connectivity index (χ3v) is 6.94. The minimum Gasteiger partial charge on any atom is -0.481 e. The van der Waals surface area contributed by atoms with Crippen LogP contribution in [0.25, 0.3) is 34.4 Å². The molecule has 0 atom stereocenters.